The van der Waals surface area contributed by atoms with E-state index in [9.17, 15) is 4.79 Å². The van der Waals surface area contributed by atoms with Crippen LogP contribution in [-0.2, 0) is 11.3 Å². The molecule has 0 bridgehead atoms. The van der Waals surface area contributed by atoms with Gasteiger partial charge in [-0.25, -0.2) is 0 Å². The van der Waals surface area contributed by atoms with Gasteiger partial charge >= 0.3 is 0 Å². The summed E-state index contributed by atoms with van der Waals surface area (Å²) in [6.07, 6.45) is 2.98. The van der Waals surface area contributed by atoms with Crippen LogP contribution in [0.3, 0.4) is 0 Å². The van der Waals surface area contributed by atoms with E-state index in [1.807, 2.05) is 37.0 Å². The second-order valence-corrected chi connectivity index (χ2v) is 6.55. The number of nitrogens with zero attached hydrogens (tertiary/aromatic N) is 2. The van der Waals surface area contributed by atoms with Gasteiger partial charge in [-0.2, -0.15) is 17.0 Å². The van der Waals surface area contributed by atoms with Gasteiger partial charge in [0.1, 0.15) is 0 Å². The maximum absolute atomic E-state index is 12.2. The van der Waals surface area contributed by atoms with Crippen molar-refractivity contribution in [1.29, 1.82) is 5.26 Å². The maximum Gasteiger partial charge on any atom is 0.222 e. The second-order valence-electron chi connectivity index (χ2n) is 5.32. The van der Waals surface area contributed by atoms with Gasteiger partial charge in [0, 0.05) is 20.0 Å². The summed E-state index contributed by atoms with van der Waals surface area (Å²) < 4.78 is 0. The minimum atomic E-state index is 0.212. The van der Waals surface area contributed by atoms with Crippen molar-refractivity contribution in [3.63, 3.8) is 0 Å². The number of rotatable bonds is 4. The highest BCUT2D eigenvalue weighted by Gasteiger charge is 2.19. The highest BCUT2D eigenvalue weighted by Crippen LogP contribution is 2.25. The molecule has 3 nitrogen and oxygen atoms in total. The molecule has 0 radical (unpaired) electrons. The molecule has 1 aliphatic heterocycles. The van der Waals surface area contributed by atoms with Gasteiger partial charge in [-0.3, -0.25) is 4.79 Å². The fourth-order valence-electron chi connectivity index (χ4n) is 2.45. The Hall–Kier alpha value is -1.47. The molecular formula is C16H20N2OS. The van der Waals surface area contributed by atoms with Gasteiger partial charge in [-0.1, -0.05) is 12.1 Å². The summed E-state index contributed by atoms with van der Waals surface area (Å²) in [5.41, 5.74) is 1.66. The summed E-state index contributed by atoms with van der Waals surface area (Å²) in [4.78, 5) is 14.0. The van der Waals surface area contributed by atoms with E-state index in [1.165, 1.54) is 11.5 Å². The first-order valence-corrected chi connectivity index (χ1v) is 8.15. The Bertz CT molecular complexity index is 503. The predicted molar refractivity (Wildman–Crippen MR) is 82.3 cm³/mol. The predicted octanol–water partition coefficient (Wildman–Crippen LogP) is 3.05. The minimum Gasteiger partial charge on any atom is -0.341 e. The lowest BCUT2D eigenvalue weighted by Gasteiger charge is -2.24. The Kier molecular flexibility index (Phi) is 5.49. The maximum atomic E-state index is 12.2. The topological polar surface area (TPSA) is 44.1 Å². The summed E-state index contributed by atoms with van der Waals surface area (Å²) in [6.45, 7) is 0.579. The van der Waals surface area contributed by atoms with Crippen molar-refractivity contribution in [2.75, 3.05) is 18.6 Å². The van der Waals surface area contributed by atoms with Crippen LogP contribution in [0.4, 0.5) is 0 Å². The zero-order chi connectivity index (χ0) is 14.4. The first kappa shape index (κ1) is 14.9. The number of carbonyl (C=O) groups is 1. The third-order valence-electron chi connectivity index (χ3n) is 3.71. The van der Waals surface area contributed by atoms with Gasteiger partial charge in [-0.05, 0) is 48.0 Å². The molecular weight excluding hydrogens is 268 g/mol. The third-order valence-corrected chi connectivity index (χ3v) is 4.75. The van der Waals surface area contributed by atoms with Crippen LogP contribution in [-0.4, -0.2) is 29.4 Å². The summed E-state index contributed by atoms with van der Waals surface area (Å²) >= 11 is 1.99. The first-order chi connectivity index (χ1) is 9.69. The molecule has 0 spiro atoms. The normalized spacial score (nSPS) is 15.6. The van der Waals surface area contributed by atoms with Crippen molar-refractivity contribution in [3.8, 4) is 6.07 Å². The molecule has 1 saturated heterocycles. The Labute approximate surface area is 125 Å². The van der Waals surface area contributed by atoms with E-state index in [4.69, 9.17) is 5.26 Å². The molecule has 1 heterocycles. The molecule has 106 valence electrons. The average molecular weight is 288 g/mol. The van der Waals surface area contributed by atoms with E-state index < -0.39 is 0 Å². The Morgan fingerprint density at radius 3 is 2.90 bits per heavy atom. The van der Waals surface area contributed by atoms with Crippen molar-refractivity contribution in [2.24, 2.45) is 5.92 Å². The highest BCUT2D eigenvalue weighted by atomic mass is 32.2. The number of thioether (sulfide) groups is 1. The van der Waals surface area contributed by atoms with Crippen molar-refractivity contribution in [2.45, 2.75) is 25.8 Å². The summed E-state index contributed by atoms with van der Waals surface area (Å²) in [5.74, 6) is 3.14. The lowest BCUT2D eigenvalue weighted by atomic mass is 9.98. The molecule has 0 N–H and O–H groups in total. The van der Waals surface area contributed by atoms with Gasteiger partial charge in [0.25, 0.3) is 0 Å². The molecule has 1 amide bonds. The standard InChI is InChI=1S/C16H20N2OS/c1-18(12-15-4-2-3-14(9-15)11-17)16(19)10-13-5-7-20-8-6-13/h2-4,9,13H,5-8,10,12H2,1H3. The molecule has 1 fully saturated rings. The summed E-state index contributed by atoms with van der Waals surface area (Å²) in [6, 6.07) is 9.59. The van der Waals surface area contributed by atoms with Crippen LogP contribution in [0, 0.1) is 17.2 Å². The second kappa shape index (κ2) is 7.35. The lowest BCUT2D eigenvalue weighted by molar-refractivity contribution is -0.131. The third kappa shape index (κ3) is 4.28. The smallest absolute Gasteiger partial charge is 0.222 e. The van der Waals surface area contributed by atoms with Crippen molar-refractivity contribution >= 4 is 17.7 Å². The number of hydrogen-bond acceptors (Lipinski definition) is 3. The minimum absolute atomic E-state index is 0.212. The molecule has 1 aromatic rings. The number of benzene rings is 1. The molecule has 4 heteroatoms. The van der Waals surface area contributed by atoms with E-state index in [2.05, 4.69) is 6.07 Å². The zero-order valence-electron chi connectivity index (χ0n) is 11.8. The van der Waals surface area contributed by atoms with E-state index in [-0.39, 0.29) is 5.91 Å². The lowest BCUT2D eigenvalue weighted by Crippen LogP contribution is -2.29. The van der Waals surface area contributed by atoms with E-state index >= 15 is 0 Å². The number of hydrogen-bond donors (Lipinski definition) is 0. The van der Waals surface area contributed by atoms with Crippen LogP contribution >= 0.6 is 11.8 Å². The number of nitriles is 1. The first-order valence-electron chi connectivity index (χ1n) is 7.00. The fourth-order valence-corrected chi connectivity index (χ4v) is 3.66. The zero-order valence-corrected chi connectivity index (χ0v) is 12.7. The molecule has 0 aliphatic carbocycles. The molecule has 0 aromatic heterocycles. The van der Waals surface area contributed by atoms with Crippen LogP contribution < -0.4 is 0 Å². The molecule has 0 saturated carbocycles. The largest absolute Gasteiger partial charge is 0.341 e. The molecule has 1 aromatic carbocycles. The van der Waals surface area contributed by atoms with Crippen LogP contribution in [0.1, 0.15) is 30.4 Å². The SMILES string of the molecule is CN(Cc1cccc(C#N)c1)C(=O)CC1CCSCC1. The fraction of sp³-hybridized carbons (Fsp3) is 0.500. The van der Waals surface area contributed by atoms with Crippen LogP contribution in [0.5, 0.6) is 0 Å². The summed E-state index contributed by atoms with van der Waals surface area (Å²) in [5, 5.41) is 8.89. The average Bonchev–Trinajstić information content (AvgIpc) is 2.48. The molecule has 20 heavy (non-hydrogen) atoms. The van der Waals surface area contributed by atoms with E-state index in [1.54, 1.807) is 11.0 Å². The Morgan fingerprint density at radius 2 is 2.20 bits per heavy atom. The van der Waals surface area contributed by atoms with Gasteiger partial charge in [-0.15, -0.1) is 0 Å². The number of carbonyl (C=O) groups excluding carboxylic acids is 1. The quantitative estimate of drug-likeness (QED) is 0.855. The van der Waals surface area contributed by atoms with Gasteiger partial charge in [0.05, 0.1) is 11.6 Å². The Morgan fingerprint density at radius 1 is 1.45 bits per heavy atom. The molecule has 2 rings (SSSR count). The summed E-state index contributed by atoms with van der Waals surface area (Å²) in [7, 11) is 1.85. The van der Waals surface area contributed by atoms with E-state index in [0.717, 1.165) is 18.4 Å². The van der Waals surface area contributed by atoms with Crippen molar-refractivity contribution in [1.82, 2.24) is 4.90 Å². The molecule has 0 atom stereocenters. The van der Waals surface area contributed by atoms with Crippen LogP contribution in [0.25, 0.3) is 0 Å². The molecule has 1 aliphatic rings. The van der Waals surface area contributed by atoms with Crippen molar-refractivity contribution < 1.29 is 4.79 Å². The van der Waals surface area contributed by atoms with Gasteiger partial charge in [0.2, 0.25) is 5.91 Å². The Balaban J connectivity index is 1.88. The van der Waals surface area contributed by atoms with Crippen LogP contribution in [0.15, 0.2) is 24.3 Å². The number of amides is 1. The van der Waals surface area contributed by atoms with Crippen LogP contribution in [0.2, 0.25) is 0 Å². The van der Waals surface area contributed by atoms with Crippen molar-refractivity contribution in [3.05, 3.63) is 35.4 Å². The van der Waals surface area contributed by atoms with E-state index in [0.29, 0.717) is 24.4 Å². The van der Waals surface area contributed by atoms with Gasteiger partial charge < -0.3 is 4.90 Å². The van der Waals surface area contributed by atoms with Gasteiger partial charge in [0.15, 0.2) is 0 Å². The highest BCUT2D eigenvalue weighted by molar-refractivity contribution is 7.99. The monoisotopic (exact) mass is 288 g/mol. The molecule has 0 unspecified atom stereocenters.